The van der Waals surface area contributed by atoms with E-state index in [0.717, 1.165) is 35.4 Å². The fourth-order valence-electron chi connectivity index (χ4n) is 1.89. The molecule has 17 heavy (non-hydrogen) atoms. The second-order valence-electron chi connectivity index (χ2n) is 4.07. The lowest BCUT2D eigenvalue weighted by Gasteiger charge is -2.21. The molecule has 1 atom stereocenters. The van der Waals surface area contributed by atoms with Crippen molar-refractivity contribution in [3.8, 4) is 0 Å². The molecule has 0 radical (unpaired) electrons. The molecule has 2 rings (SSSR count). The molecule has 0 aliphatic carbocycles. The summed E-state index contributed by atoms with van der Waals surface area (Å²) in [5.41, 5.74) is 6.66. The van der Waals surface area contributed by atoms with Crippen molar-refractivity contribution in [1.82, 2.24) is 9.97 Å². The number of methoxy groups -OCH3 is 1. The molecule has 94 valence electrons. The minimum absolute atomic E-state index is 0.245. The van der Waals surface area contributed by atoms with E-state index in [4.69, 9.17) is 15.2 Å². The normalized spacial score (nSPS) is 20.5. The van der Waals surface area contributed by atoms with Gasteiger partial charge in [-0.3, -0.25) is 0 Å². The molecule has 2 N–H and O–H groups in total. The summed E-state index contributed by atoms with van der Waals surface area (Å²) in [5, 5.41) is 0. The summed E-state index contributed by atoms with van der Waals surface area (Å²) in [6.07, 6.45) is 2.09. The van der Waals surface area contributed by atoms with Crippen molar-refractivity contribution in [2.24, 2.45) is 0 Å². The summed E-state index contributed by atoms with van der Waals surface area (Å²) in [5.74, 6) is 1.47. The fourth-order valence-corrected chi connectivity index (χ4v) is 2.18. The molecule has 0 amide bonds. The highest BCUT2D eigenvalue weighted by molar-refractivity contribution is 9.10. The van der Waals surface area contributed by atoms with Crippen molar-refractivity contribution >= 4 is 21.7 Å². The summed E-state index contributed by atoms with van der Waals surface area (Å²) in [6, 6.07) is 0. The van der Waals surface area contributed by atoms with Crippen LogP contribution >= 0.6 is 15.9 Å². The van der Waals surface area contributed by atoms with Crippen LogP contribution in [0.25, 0.3) is 0 Å². The zero-order valence-electron chi connectivity index (χ0n) is 9.78. The molecule has 0 aromatic carbocycles. The number of anilines is 1. The minimum Gasteiger partial charge on any atom is -0.383 e. The summed E-state index contributed by atoms with van der Waals surface area (Å²) in [7, 11) is 1.63. The van der Waals surface area contributed by atoms with Gasteiger partial charge in [-0.1, -0.05) is 0 Å². The highest BCUT2D eigenvalue weighted by Gasteiger charge is 2.21. The van der Waals surface area contributed by atoms with Gasteiger partial charge in [-0.2, -0.15) is 0 Å². The summed E-state index contributed by atoms with van der Waals surface area (Å²) < 4.78 is 11.3. The Morgan fingerprint density at radius 1 is 1.53 bits per heavy atom. The van der Waals surface area contributed by atoms with Gasteiger partial charge < -0.3 is 15.2 Å². The summed E-state index contributed by atoms with van der Waals surface area (Å²) in [4.78, 5) is 8.83. The number of hydrogen-bond donors (Lipinski definition) is 1. The number of nitrogens with zero attached hydrogens (tertiary/aromatic N) is 2. The lowest BCUT2D eigenvalue weighted by molar-refractivity contribution is 0.0778. The van der Waals surface area contributed by atoms with Crippen LogP contribution in [0.2, 0.25) is 0 Å². The van der Waals surface area contributed by atoms with E-state index in [2.05, 4.69) is 25.9 Å². The van der Waals surface area contributed by atoms with Gasteiger partial charge in [0, 0.05) is 19.6 Å². The Bertz CT molecular complexity index is 395. The number of nitrogen functional groups attached to an aromatic ring is 1. The zero-order chi connectivity index (χ0) is 12.3. The Balaban J connectivity index is 2.27. The second kappa shape index (κ2) is 5.75. The van der Waals surface area contributed by atoms with Crippen LogP contribution in [0.5, 0.6) is 0 Å². The molecule has 1 aliphatic heterocycles. The van der Waals surface area contributed by atoms with E-state index >= 15 is 0 Å². The second-order valence-corrected chi connectivity index (χ2v) is 4.87. The largest absolute Gasteiger partial charge is 0.383 e. The van der Waals surface area contributed by atoms with E-state index in [-0.39, 0.29) is 5.92 Å². The van der Waals surface area contributed by atoms with Gasteiger partial charge in [-0.05, 0) is 28.8 Å². The Morgan fingerprint density at radius 2 is 2.35 bits per heavy atom. The van der Waals surface area contributed by atoms with Crippen LogP contribution in [0.1, 0.15) is 30.3 Å². The maximum Gasteiger partial charge on any atom is 0.141 e. The van der Waals surface area contributed by atoms with Gasteiger partial charge in [0.05, 0.1) is 23.4 Å². The lowest BCUT2D eigenvalue weighted by atomic mass is 10.0. The van der Waals surface area contributed by atoms with Crippen molar-refractivity contribution in [3.63, 3.8) is 0 Å². The quantitative estimate of drug-likeness (QED) is 0.923. The molecule has 1 saturated heterocycles. The Kier molecular flexibility index (Phi) is 4.31. The maximum atomic E-state index is 5.86. The topological polar surface area (TPSA) is 70.3 Å². The first kappa shape index (κ1) is 12.7. The third-order valence-electron chi connectivity index (χ3n) is 2.77. The predicted octanol–water partition coefficient (Wildman–Crippen LogP) is 1.86. The molecule has 0 saturated carbocycles. The molecular formula is C11H16BrN3O2. The van der Waals surface area contributed by atoms with Gasteiger partial charge in [-0.15, -0.1) is 0 Å². The first-order chi connectivity index (χ1) is 8.22. The third-order valence-corrected chi connectivity index (χ3v) is 3.63. The molecule has 1 aliphatic rings. The predicted molar refractivity (Wildman–Crippen MR) is 67.7 cm³/mol. The smallest absolute Gasteiger partial charge is 0.141 e. The number of halogens is 1. The first-order valence-corrected chi connectivity index (χ1v) is 6.40. The minimum atomic E-state index is 0.245. The van der Waals surface area contributed by atoms with Crippen molar-refractivity contribution < 1.29 is 9.47 Å². The molecule has 1 aromatic heterocycles. The Morgan fingerprint density at radius 3 is 3.00 bits per heavy atom. The number of ether oxygens (including phenoxy) is 2. The van der Waals surface area contributed by atoms with Crippen LogP contribution in [0.15, 0.2) is 4.47 Å². The van der Waals surface area contributed by atoms with Gasteiger partial charge >= 0.3 is 0 Å². The average molecular weight is 302 g/mol. The van der Waals surface area contributed by atoms with Gasteiger partial charge in [0.1, 0.15) is 11.6 Å². The number of hydrogen-bond acceptors (Lipinski definition) is 5. The molecule has 0 spiro atoms. The first-order valence-electron chi connectivity index (χ1n) is 5.61. The maximum absolute atomic E-state index is 5.86. The number of nitrogens with two attached hydrogens (primary N) is 1. The molecule has 5 nitrogen and oxygen atoms in total. The SMILES string of the molecule is COCc1nc(C2CCCOC2)nc(N)c1Br. The molecular weight excluding hydrogens is 286 g/mol. The van der Waals surface area contributed by atoms with E-state index in [1.807, 2.05) is 0 Å². The highest BCUT2D eigenvalue weighted by Crippen LogP contribution is 2.27. The van der Waals surface area contributed by atoms with Crippen LogP contribution in [0.3, 0.4) is 0 Å². The highest BCUT2D eigenvalue weighted by atomic mass is 79.9. The van der Waals surface area contributed by atoms with Gasteiger partial charge in [-0.25, -0.2) is 9.97 Å². The molecule has 1 fully saturated rings. The van der Waals surface area contributed by atoms with Crippen LogP contribution in [-0.4, -0.2) is 30.3 Å². The van der Waals surface area contributed by atoms with Crippen molar-refractivity contribution in [2.75, 3.05) is 26.1 Å². The van der Waals surface area contributed by atoms with E-state index in [1.54, 1.807) is 7.11 Å². The number of rotatable bonds is 3. The lowest BCUT2D eigenvalue weighted by Crippen LogP contribution is -2.19. The Labute approximate surface area is 109 Å². The van der Waals surface area contributed by atoms with Crippen LogP contribution in [0, 0.1) is 0 Å². The van der Waals surface area contributed by atoms with Crippen LogP contribution in [-0.2, 0) is 16.1 Å². The van der Waals surface area contributed by atoms with Crippen molar-refractivity contribution in [3.05, 3.63) is 16.0 Å². The van der Waals surface area contributed by atoms with E-state index in [9.17, 15) is 0 Å². The van der Waals surface area contributed by atoms with Gasteiger partial charge in [0.25, 0.3) is 0 Å². The summed E-state index contributed by atoms with van der Waals surface area (Å²) >= 11 is 3.38. The monoisotopic (exact) mass is 301 g/mol. The molecule has 2 heterocycles. The van der Waals surface area contributed by atoms with E-state index in [1.165, 1.54) is 0 Å². The van der Waals surface area contributed by atoms with E-state index in [0.29, 0.717) is 19.0 Å². The zero-order valence-corrected chi connectivity index (χ0v) is 11.4. The Hall–Kier alpha value is -0.720. The summed E-state index contributed by atoms with van der Waals surface area (Å²) in [6.45, 7) is 1.93. The molecule has 0 bridgehead atoms. The fraction of sp³-hybridized carbons (Fsp3) is 0.636. The van der Waals surface area contributed by atoms with Gasteiger partial charge in [0.2, 0.25) is 0 Å². The third kappa shape index (κ3) is 2.94. The molecule has 1 unspecified atom stereocenters. The average Bonchev–Trinajstić information content (AvgIpc) is 2.36. The van der Waals surface area contributed by atoms with Crippen LogP contribution < -0.4 is 5.73 Å². The van der Waals surface area contributed by atoms with Crippen molar-refractivity contribution in [1.29, 1.82) is 0 Å². The standard InChI is InChI=1S/C11H16BrN3O2/c1-16-6-8-9(12)10(13)15-11(14-8)7-3-2-4-17-5-7/h7H,2-6H2,1H3,(H2,13,14,15). The molecule has 6 heteroatoms. The van der Waals surface area contributed by atoms with E-state index < -0.39 is 0 Å². The molecule has 1 aromatic rings. The van der Waals surface area contributed by atoms with Crippen molar-refractivity contribution in [2.45, 2.75) is 25.4 Å². The van der Waals surface area contributed by atoms with Crippen LogP contribution in [0.4, 0.5) is 5.82 Å². The van der Waals surface area contributed by atoms with Gasteiger partial charge in [0.15, 0.2) is 0 Å². The number of aromatic nitrogens is 2.